The van der Waals surface area contributed by atoms with Gasteiger partial charge in [0.25, 0.3) is 0 Å². The number of anilines is 1. The van der Waals surface area contributed by atoms with Crippen molar-refractivity contribution >= 4 is 17.5 Å². The third-order valence-electron chi connectivity index (χ3n) is 5.78. The summed E-state index contributed by atoms with van der Waals surface area (Å²) < 4.78 is 12.9. The lowest BCUT2D eigenvalue weighted by molar-refractivity contribution is -0.129. The van der Waals surface area contributed by atoms with E-state index in [1.807, 2.05) is 0 Å². The number of hydrogen-bond donors (Lipinski definition) is 2. The van der Waals surface area contributed by atoms with Crippen LogP contribution in [0.1, 0.15) is 64.2 Å². The van der Waals surface area contributed by atoms with Gasteiger partial charge < -0.3 is 10.6 Å². The molecule has 1 aromatic carbocycles. The number of halogens is 1. The summed E-state index contributed by atoms with van der Waals surface area (Å²) in [6.07, 6.45) is 10.2. The number of benzene rings is 1. The summed E-state index contributed by atoms with van der Waals surface area (Å²) in [6.45, 7) is 0. The second-order valence-electron chi connectivity index (χ2n) is 7.74. The average Bonchev–Trinajstić information content (AvgIpc) is 2.92. The topological polar surface area (TPSA) is 58.2 Å². The molecule has 0 aromatic heterocycles. The molecule has 2 saturated carbocycles. The van der Waals surface area contributed by atoms with Gasteiger partial charge in [-0.25, -0.2) is 4.39 Å². The first kappa shape index (κ1) is 18.9. The van der Waals surface area contributed by atoms with E-state index in [-0.39, 0.29) is 29.5 Å². The minimum absolute atomic E-state index is 0.0285. The van der Waals surface area contributed by atoms with Crippen molar-refractivity contribution in [1.29, 1.82) is 0 Å². The standard InChI is InChI=1S/C21H29FN2O2/c22-17-11-13-19(14-12-17)24-21(26)16-9-7-15(8-10-16)20(25)23-18-5-3-1-2-4-6-18/h11-16,18H,1-10H2,(H,23,25)(H,24,26). The first-order valence-electron chi connectivity index (χ1n) is 9.98. The Hall–Kier alpha value is -1.91. The Morgan fingerprint density at radius 3 is 1.88 bits per heavy atom. The number of carbonyl (C=O) groups is 2. The molecule has 2 aliphatic rings. The molecule has 0 aliphatic heterocycles. The zero-order valence-corrected chi connectivity index (χ0v) is 15.3. The lowest BCUT2D eigenvalue weighted by Crippen LogP contribution is -2.40. The summed E-state index contributed by atoms with van der Waals surface area (Å²) in [5, 5.41) is 6.09. The fraction of sp³-hybridized carbons (Fsp3) is 0.619. The summed E-state index contributed by atoms with van der Waals surface area (Å²) in [6, 6.07) is 6.15. The Labute approximate surface area is 154 Å². The predicted molar refractivity (Wildman–Crippen MR) is 100 cm³/mol. The maximum Gasteiger partial charge on any atom is 0.227 e. The van der Waals surface area contributed by atoms with Gasteiger partial charge in [-0.2, -0.15) is 0 Å². The maximum atomic E-state index is 12.9. The zero-order valence-electron chi connectivity index (χ0n) is 15.3. The van der Waals surface area contributed by atoms with Crippen molar-refractivity contribution in [1.82, 2.24) is 5.32 Å². The molecule has 0 unspecified atom stereocenters. The highest BCUT2D eigenvalue weighted by Crippen LogP contribution is 2.30. The monoisotopic (exact) mass is 360 g/mol. The summed E-state index contributed by atoms with van der Waals surface area (Å²) in [5.74, 6) is -0.202. The Balaban J connectivity index is 1.43. The van der Waals surface area contributed by atoms with E-state index in [1.165, 1.54) is 37.8 Å². The molecule has 0 atom stereocenters. The maximum absolute atomic E-state index is 12.9. The second-order valence-corrected chi connectivity index (χ2v) is 7.74. The van der Waals surface area contributed by atoms with E-state index in [9.17, 15) is 14.0 Å². The minimum Gasteiger partial charge on any atom is -0.353 e. The molecule has 2 amide bonds. The second kappa shape index (κ2) is 9.15. The SMILES string of the molecule is O=C(Nc1ccc(F)cc1)C1CCC(C(=O)NC2CCCCCC2)CC1. The van der Waals surface area contributed by atoms with E-state index in [0.29, 0.717) is 11.7 Å². The fourth-order valence-electron chi connectivity index (χ4n) is 4.14. The molecule has 142 valence electrons. The van der Waals surface area contributed by atoms with Gasteiger partial charge in [-0.05, 0) is 62.8 Å². The van der Waals surface area contributed by atoms with Crippen LogP contribution in [0.25, 0.3) is 0 Å². The number of nitrogens with one attached hydrogen (secondary N) is 2. The van der Waals surface area contributed by atoms with Gasteiger partial charge in [0.15, 0.2) is 0 Å². The van der Waals surface area contributed by atoms with E-state index < -0.39 is 0 Å². The number of amides is 2. The molecule has 3 rings (SSSR count). The number of carbonyl (C=O) groups excluding carboxylic acids is 2. The van der Waals surface area contributed by atoms with Gasteiger partial charge in [-0.3, -0.25) is 9.59 Å². The van der Waals surface area contributed by atoms with Gasteiger partial charge in [0.1, 0.15) is 5.82 Å². The van der Waals surface area contributed by atoms with Gasteiger partial charge in [-0.1, -0.05) is 25.7 Å². The minimum atomic E-state index is -0.316. The van der Waals surface area contributed by atoms with E-state index in [4.69, 9.17) is 0 Å². The van der Waals surface area contributed by atoms with Crippen LogP contribution in [0, 0.1) is 17.7 Å². The van der Waals surface area contributed by atoms with Crippen LogP contribution in [0.15, 0.2) is 24.3 Å². The molecule has 0 bridgehead atoms. The van der Waals surface area contributed by atoms with Crippen molar-refractivity contribution in [2.24, 2.45) is 11.8 Å². The molecule has 2 N–H and O–H groups in total. The molecule has 2 fully saturated rings. The van der Waals surface area contributed by atoms with E-state index in [0.717, 1.165) is 38.5 Å². The Kier molecular flexibility index (Phi) is 6.64. The van der Waals surface area contributed by atoms with Crippen LogP contribution >= 0.6 is 0 Å². The quantitative estimate of drug-likeness (QED) is 0.782. The van der Waals surface area contributed by atoms with Crippen molar-refractivity contribution in [3.05, 3.63) is 30.1 Å². The van der Waals surface area contributed by atoms with Gasteiger partial charge in [0.2, 0.25) is 11.8 Å². The highest BCUT2D eigenvalue weighted by Gasteiger charge is 2.30. The van der Waals surface area contributed by atoms with Gasteiger partial charge in [0.05, 0.1) is 0 Å². The smallest absolute Gasteiger partial charge is 0.227 e. The molecule has 1 aromatic rings. The molecule has 5 heteroatoms. The van der Waals surface area contributed by atoms with Gasteiger partial charge in [-0.15, -0.1) is 0 Å². The third-order valence-corrected chi connectivity index (χ3v) is 5.78. The molecule has 26 heavy (non-hydrogen) atoms. The Morgan fingerprint density at radius 1 is 0.769 bits per heavy atom. The van der Waals surface area contributed by atoms with Crippen molar-refractivity contribution < 1.29 is 14.0 Å². The number of hydrogen-bond acceptors (Lipinski definition) is 2. The highest BCUT2D eigenvalue weighted by atomic mass is 19.1. The molecule has 0 spiro atoms. The van der Waals surface area contributed by atoms with Crippen molar-refractivity contribution in [3.63, 3.8) is 0 Å². The van der Waals surface area contributed by atoms with Crippen LogP contribution in [0.4, 0.5) is 10.1 Å². The summed E-state index contributed by atoms with van der Waals surface area (Å²) in [5.41, 5.74) is 0.615. The average molecular weight is 360 g/mol. The summed E-state index contributed by atoms with van der Waals surface area (Å²) in [7, 11) is 0. The van der Waals surface area contributed by atoms with Crippen molar-refractivity contribution in [2.75, 3.05) is 5.32 Å². The van der Waals surface area contributed by atoms with E-state index in [2.05, 4.69) is 10.6 Å². The molecule has 0 heterocycles. The lowest BCUT2D eigenvalue weighted by atomic mass is 9.81. The van der Waals surface area contributed by atoms with Crippen LogP contribution < -0.4 is 10.6 Å². The molecular weight excluding hydrogens is 331 g/mol. The van der Waals surface area contributed by atoms with Crippen LogP contribution in [0.3, 0.4) is 0 Å². The lowest BCUT2D eigenvalue weighted by Gasteiger charge is -2.28. The van der Waals surface area contributed by atoms with E-state index in [1.54, 1.807) is 12.1 Å². The van der Waals surface area contributed by atoms with E-state index >= 15 is 0 Å². The summed E-state index contributed by atoms with van der Waals surface area (Å²) in [4.78, 5) is 24.9. The molecule has 0 radical (unpaired) electrons. The molecule has 0 saturated heterocycles. The van der Waals surface area contributed by atoms with Crippen LogP contribution in [-0.4, -0.2) is 17.9 Å². The van der Waals surface area contributed by atoms with Crippen LogP contribution in [0.5, 0.6) is 0 Å². The predicted octanol–water partition coefficient (Wildman–Crippen LogP) is 4.41. The van der Waals surface area contributed by atoms with Crippen LogP contribution in [-0.2, 0) is 9.59 Å². The van der Waals surface area contributed by atoms with Crippen LogP contribution in [0.2, 0.25) is 0 Å². The first-order valence-corrected chi connectivity index (χ1v) is 9.98. The molecule has 4 nitrogen and oxygen atoms in total. The molecule has 2 aliphatic carbocycles. The largest absolute Gasteiger partial charge is 0.353 e. The number of rotatable bonds is 4. The first-order chi connectivity index (χ1) is 12.6. The van der Waals surface area contributed by atoms with Gasteiger partial charge >= 0.3 is 0 Å². The normalized spacial score (nSPS) is 24.5. The highest BCUT2D eigenvalue weighted by molar-refractivity contribution is 5.92. The van der Waals surface area contributed by atoms with Crippen molar-refractivity contribution in [2.45, 2.75) is 70.3 Å². The van der Waals surface area contributed by atoms with Crippen molar-refractivity contribution in [3.8, 4) is 0 Å². The molecular formula is C21H29FN2O2. The third kappa shape index (κ3) is 5.29. The Morgan fingerprint density at radius 2 is 1.31 bits per heavy atom. The fourth-order valence-corrected chi connectivity index (χ4v) is 4.14. The summed E-state index contributed by atoms with van der Waals surface area (Å²) >= 11 is 0. The van der Waals surface area contributed by atoms with Gasteiger partial charge in [0, 0.05) is 23.6 Å². The Bertz CT molecular complexity index is 601. The zero-order chi connectivity index (χ0) is 18.4.